The molecular formula is C12H18N4O3. The molecule has 0 spiro atoms. The van der Waals surface area contributed by atoms with E-state index in [0.717, 1.165) is 5.56 Å². The Morgan fingerprint density at radius 3 is 2.58 bits per heavy atom. The van der Waals surface area contributed by atoms with Gasteiger partial charge in [-0.05, 0) is 33.3 Å². The van der Waals surface area contributed by atoms with Gasteiger partial charge < -0.3 is 15.5 Å². The number of ether oxygens (including phenoxy) is 1. The minimum atomic E-state index is -0.745. The summed E-state index contributed by atoms with van der Waals surface area (Å²) in [4.78, 5) is 25.5. The molecule has 0 unspecified atom stereocenters. The number of aryl methyl sites for hydroxylation is 1. The summed E-state index contributed by atoms with van der Waals surface area (Å²) in [6, 6.07) is -0.745. The average molecular weight is 266 g/mol. The van der Waals surface area contributed by atoms with Crippen molar-refractivity contribution in [3.05, 3.63) is 22.5 Å². The zero-order chi connectivity index (χ0) is 14.6. The molecule has 1 heterocycles. The molecule has 0 bridgehead atoms. The third-order valence-electron chi connectivity index (χ3n) is 2.61. The van der Waals surface area contributed by atoms with Crippen LogP contribution in [0.2, 0.25) is 0 Å². The number of carbonyl (C=O) groups excluding carboxylic acids is 2. The molecule has 0 aliphatic carbocycles. The van der Waals surface area contributed by atoms with Gasteiger partial charge in [0, 0.05) is 5.69 Å². The summed E-state index contributed by atoms with van der Waals surface area (Å²) in [6.07, 6.45) is 0. The average Bonchev–Trinajstić information content (AvgIpc) is 2.62. The second kappa shape index (κ2) is 6.03. The highest BCUT2D eigenvalue weighted by molar-refractivity contribution is 6.03. The smallest absolute Gasteiger partial charge is 0.340 e. The second-order valence-corrected chi connectivity index (χ2v) is 4.02. The predicted octanol–water partition coefficient (Wildman–Crippen LogP) is 1.20. The Morgan fingerprint density at radius 1 is 1.42 bits per heavy atom. The number of hydrazone groups is 1. The van der Waals surface area contributed by atoms with Crippen LogP contribution in [0.4, 0.5) is 4.79 Å². The number of esters is 1. The minimum Gasteiger partial charge on any atom is -0.462 e. The van der Waals surface area contributed by atoms with Gasteiger partial charge in [0.05, 0.1) is 23.6 Å². The molecule has 1 rings (SSSR count). The van der Waals surface area contributed by atoms with Gasteiger partial charge in [0.2, 0.25) is 0 Å². The van der Waals surface area contributed by atoms with Crippen LogP contribution < -0.4 is 11.2 Å². The van der Waals surface area contributed by atoms with Crippen LogP contribution in [0.15, 0.2) is 5.10 Å². The lowest BCUT2D eigenvalue weighted by molar-refractivity contribution is 0.0525. The molecule has 0 aromatic carbocycles. The molecule has 2 amide bonds. The molecule has 0 aliphatic rings. The Bertz CT molecular complexity index is 531. The highest BCUT2D eigenvalue weighted by Crippen LogP contribution is 2.19. The van der Waals surface area contributed by atoms with Crippen molar-refractivity contribution in [2.45, 2.75) is 27.7 Å². The van der Waals surface area contributed by atoms with Gasteiger partial charge in [0.1, 0.15) is 0 Å². The Balaban J connectivity index is 3.12. The molecule has 19 heavy (non-hydrogen) atoms. The summed E-state index contributed by atoms with van der Waals surface area (Å²) in [5.41, 5.74) is 10.2. The molecule has 1 aromatic heterocycles. The lowest BCUT2D eigenvalue weighted by Gasteiger charge is -2.03. The monoisotopic (exact) mass is 266 g/mol. The summed E-state index contributed by atoms with van der Waals surface area (Å²) < 4.78 is 4.99. The molecule has 7 heteroatoms. The number of urea groups is 1. The van der Waals surface area contributed by atoms with Gasteiger partial charge in [0.25, 0.3) is 0 Å². The van der Waals surface area contributed by atoms with E-state index >= 15 is 0 Å². The number of aromatic amines is 1. The van der Waals surface area contributed by atoms with E-state index in [1.54, 1.807) is 27.7 Å². The molecule has 7 nitrogen and oxygen atoms in total. The first-order chi connectivity index (χ1) is 8.88. The van der Waals surface area contributed by atoms with E-state index in [2.05, 4.69) is 15.5 Å². The fourth-order valence-corrected chi connectivity index (χ4v) is 1.82. The zero-order valence-corrected chi connectivity index (χ0v) is 11.5. The first-order valence-electron chi connectivity index (χ1n) is 5.84. The Hall–Kier alpha value is -2.31. The molecule has 0 aliphatic heterocycles. The van der Waals surface area contributed by atoms with Crippen molar-refractivity contribution < 1.29 is 14.3 Å². The van der Waals surface area contributed by atoms with E-state index in [-0.39, 0.29) is 5.97 Å². The lowest BCUT2D eigenvalue weighted by atomic mass is 10.1. The quantitative estimate of drug-likeness (QED) is 0.432. The van der Waals surface area contributed by atoms with Crippen LogP contribution in [0.25, 0.3) is 0 Å². The van der Waals surface area contributed by atoms with Crippen LogP contribution >= 0.6 is 0 Å². The normalized spacial score (nSPS) is 11.3. The van der Waals surface area contributed by atoms with Crippen molar-refractivity contribution in [2.75, 3.05) is 6.61 Å². The summed E-state index contributed by atoms with van der Waals surface area (Å²) in [5.74, 6) is -0.379. The van der Waals surface area contributed by atoms with Gasteiger partial charge in [-0.3, -0.25) is 0 Å². The maximum absolute atomic E-state index is 11.8. The van der Waals surface area contributed by atoms with Gasteiger partial charge in [-0.2, -0.15) is 5.10 Å². The van der Waals surface area contributed by atoms with E-state index in [1.807, 2.05) is 0 Å². The third kappa shape index (κ3) is 3.34. The van der Waals surface area contributed by atoms with E-state index in [1.165, 1.54) is 0 Å². The van der Waals surface area contributed by atoms with Gasteiger partial charge in [-0.15, -0.1) is 0 Å². The van der Waals surface area contributed by atoms with E-state index < -0.39 is 6.03 Å². The number of amides is 2. The van der Waals surface area contributed by atoms with Crippen LogP contribution in [-0.2, 0) is 4.74 Å². The standard InChI is InChI=1S/C12H18N4O3/c1-5-19-11(17)9-6(2)10(14-7(9)3)8(4)15-16-12(13)18/h14H,5H2,1-4H3,(H3,13,16,18). The van der Waals surface area contributed by atoms with Crippen LogP contribution in [0.3, 0.4) is 0 Å². The summed E-state index contributed by atoms with van der Waals surface area (Å²) in [7, 11) is 0. The van der Waals surface area contributed by atoms with Crippen molar-refractivity contribution in [3.8, 4) is 0 Å². The maximum atomic E-state index is 11.8. The lowest BCUT2D eigenvalue weighted by Crippen LogP contribution is -2.25. The van der Waals surface area contributed by atoms with Crippen molar-refractivity contribution in [3.63, 3.8) is 0 Å². The molecule has 1 aromatic rings. The predicted molar refractivity (Wildman–Crippen MR) is 71.2 cm³/mol. The first kappa shape index (κ1) is 14.7. The van der Waals surface area contributed by atoms with Gasteiger partial charge in [-0.1, -0.05) is 0 Å². The fourth-order valence-electron chi connectivity index (χ4n) is 1.82. The van der Waals surface area contributed by atoms with Gasteiger partial charge in [0.15, 0.2) is 0 Å². The molecule has 0 saturated heterocycles. The Labute approximate surface area is 111 Å². The molecule has 104 valence electrons. The summed E-state index contributed by atoms with van der Waals surface area (Å²) in [6.45, 7) is 7.32. The zero-order valence-electron chi connectivity index (χ0n) is 11.5. The highest BCUT2D eigenvalue weighted by Gasteiger charge is 2.20. The molecule has 0 saturated carbocycles. The summed E-state index contributed by atoms with van der Waals surface area (Å²) >= 11 is 0. The topological polar surface area (TPSA) is 110 Å². The molecule has 0 radical (unpaired) electrons. The number of nitrogens with zero attached hydrogens (tertiary/aromatic N) is 1. The number of nitrogens with one attached hydrogen (secondary N) is 2. The van der Waals surface area contributed by atoms with Crippen LogP contribution in [0.1, 0.15) is 41.2 Å². The fraction of sp³-hybridized carbons (Fsp3) is 0.417. The number of hydrogen-bond acceptors (Lipinski definition) is 4. The minimum absolute atomic E-state index is 0.314. The van der Waals surface area contributed by atoms with Crippen molar-refractivity contribution in [1.29, 1.82) is 0 Å². The molecule has 4 N–H and O–H groups in total. The summed E-state index contributed by atoms with van der Waals surface area (Å²) in [5, 5.41) is 3.82. The number of nitrogens with two attached hydrogens (primary N) is 1. The molecule has 0 atom stereocenters. The Kier molecular flexibility index (Phi) is 4.68. The molecule has 0 fully saturated rings. The number of primary amides is 1. The third-order valence-corrected chi connectivity index (χ3v) is 2.61. The number of rotatable bonds is 4. The number of aromatic nitrogens is 1. The maximum Gasteiger partial charge on any atom is 0.340 e. The SMILES string of the molecule is CCOC(=O)c1c(C)[nH]c(C(C)=NNC(N)=O)c1C. The molecular weight excluding hydrogens is 248 g/mol. The van der Waals surface area contributed by atoms with Crippen molar-refractivity contribution in [2.24, 2.45) is 10.8 Å². The second-order valence-electron chi connectivity index (χ2n) is 4.02. The van der Waals surface area contributed by atoms with Crippen molar-refractivity contribution in [1.82, 2.24) is 10.4 Å². The van der Waals surface area contributed by atoms with E-state index in [0.29, 0.717) is 29.3 Å². The largest absolute Gasteiger partial charge is 0.462 e. The number of H-pyrrole nitrogens is 1. The first-order valence-corrected chi connectivity index (χ1v) is 5.84. The Morgan fingerprint density at radius 2 is 2.05 bits per heavy atom. The number of carbonyl (C=O) groups is 2. The van der Waals surface area contributed by atoms with Crippen LogP contribution in [0.5, 0.6) is 0 Å². The van der Waals surface area contributed by atoms with Gasteiger partial charge in [-0.25, -0.2) is 15.0 Å². The van der Waals surface area contributed by atoms with E-state index in [4.69, 9.17) is 10.5 Å². The van der Waals surface area contributed by atoms with Crippen LogP contribution in [0, 0.1) is 13.8 Å². The highest BCUT2D eigenvalue weighted by atomic mass is 16.5. The van der Waals surface area contributed by atoms with Crippen molar-refractivity contribution >= 4 is 17.7 Å². The van der Waals surface area contributed by atoms with Gasteiger partial charge >= 0.3 is 12.0 Å². The van der Waals surface area contributed by atoms with Crippen LogP contribution in [-0.4, -0.2) is 29.3 Å². The number of hydrogen-bond donors (Lipinski definition) is 3. The van der Waals surface area contributed by atoms with E-state index in [9.17, 15) is 9.59 Å².